The number of carbonyl (C=O) groups excluding carboxylic acids is 1. The Hall–Kier alpha value is -0.970. The number of aromatic nitrogens is 1. The van der Waals surface area contributed by atoms with Gasteiger partial charge in [0.25, 0.3) is 0 Å². The van der Waals surface area contributed by atoms with E-state index in [1.54, 1.807) is 6.92 Å². The molecule has 0 aromatic carbocycles. The highest BCUT2D eigenvalue weighted by molar-refractivity contribution is 7.99. The van der Waals surface area contributed by atoms with E-state index in [2.05, 4.69) is 5.16 Å². The van der Waals surface area contributed by atoms with Gasteiger partial charge in [-0.15, -0.1) is 11.8 Å². The molecule has 0 aliphatic rings. The average molecular weight is 200 g/mol. The van der Waals surface area contributed by atoms with Crippen molar-refractivity contribution in [1.82, 2.24) is 5.16 Å². The zero-order valence-corrected chi connectivity index (χ0v) is 8.43. The van der Waals surface area contributed by atoms with Crippen LogP contribution in [0.25, 0.3) is 0 Å². The Kier molecular flexibility index (Phi) is 3.36. The molecule has 0 saturated heterocycles. The number of primary amides is 1. The Morgan fingerprint density at radius 2 is 2.54 bits per heavy atom. The molecule has 2 N–H and O–H groups in total. The molecule has 0 aliphatic carbocycles. The molecular weight excluding hydrogens is 188 g/mol. The molecule has 0 spiro atoms. The van der Waals surface area contributed by atoms with Crippen molar-refractivity contribution in [3.05, 3.63) is 17.5 Å². The highest BCUT2D eigenvalue weighted by Gasteiger charge is 2.10. The van der Waals surface area contributed by atoms with Crippen LogP contribution in [0.5, 0.6) is 0 Å². The lowest BCUT2D eigenvalue weighted by Crippen LogP contribution is -2.22. The maximum atomic E-state index is 10.7. The SMILES string of the molecule is Cc1cc(CS[C@@H](C)C(N)=O)no1. The zero-order chi connectivity index (χ0) is 9.84. The van der Waals surface area contributed by atoms with Gasteiger partial charge in [-0.25, -0.2) is 0 Å². The summed E-state index contributed by atoms with van der Waals surface area (Å²) in [5.41, 5.74) is 5.94. The predicted molar refractivity (Wildman–Crippen MR) is 51.2 cm³/mol. The third-order valence-electron chi connectivity index (χ3n) is 1.56. The van der Waals surface area contributed by atoms with Crippen LogP contribution in [-0.2, 0) is 10.5 Å². The quantitative estimate of drug-likeness (QED) is 0.789. The van der Waals surface area contributed by atoms with Crippen molar-refractivity contribution in [2.24, 2.45) is 5.73 Å². The Labute approximate surface area is 80.8 Å². The second-order valence-electron chi connectivity index (χ2n) is 2.78. The number of hydrogen-bond acceptors (Lipinski definition) is 4. The van der Waals surface area contributed by atoms with Crippen LogP contribution in [0.4, 0.5) is 0 Å². The van der Waals surface area contributed by atoms with Crippen LogP contribution >= 0.6 is 11.8 Å². The summed E-state index contributed by atoms with van der Waals surface area (Å²) in [6, 6.07) is 1.85. The van der Waals surface area contributed by atoms with Gasteiger partial charge in [-0.3, -0.25) is 4.79 Å². The number of rotatable bonds is 4. The fourth-order valence-corrected chi connectivity index (χ4v) is 1.50. The van der Waals surface area contributed by atoms with Crippen LogP contribution in [0.2, 0.25) is 0 Å². The standard InChI is InChI=1S/C8H12N2O2S/c1-5-3-7(10-12-5)4-13-6(2)8(9)11/h3,6H,4H2,1-2H3,(H2,9,11)/t6-/m0/s1. The molecule has 1 aromatic rings. The van der Waals surface area contributed by atoms with Gasteiger partial charge >= 0.3 is 0 Å². The van der Waals surface area contributed by atoms with Crippen molar-refractivity contribution in [1.29, 1.82) is 0 Å². The first-order valence-electron chi connectivity index (χ1n) is 3.92. The fraction of sp³-hybridized carbons (Fsp3) is 0.500. The van der Waals surface area contributed by atoms with E-state index in [0.717, 1.165) is 11.5 Å². The van der Waals surface area contributed by atoms with E-state index in [9.17, 15) is 4.79 Å². The van der Waals surface area contributed by atoms with Crippen molar-refractivity contribution < 1.29 is 9.32 Å². The Morgan fingerprint density at radius 1 is 1.85 bits per heavy atom. The molecule has 1 rings (SSSR count). The number of carbonyl (C=O) groups is 1. The van der Waals surface area contributed by atoms with Crippen LogP contribution in [0.15, 0.2) is 10.6 Å². The minimum Gasteiger partial charge on any atom is -0.369 e. The number of hydrogen-bond donors (Lipinski definition) is 1. The minimum atomic E-state index is -0.301. The molecule has 5 heteroatoms. The number of nitrogens with zero attached hydrogens (tertiary/aromatic N) is 1. The third kappa shape index (κ3) is 3.10. The first-order chi connectivity index (χ1) is 6.09. The summed E-state index contributed by atoms with van der Waals surface area (Å²) >= 11 is 1.45. The zero-order valence-electron chi connectivity index (χ0n) is 7.61. The molecule has 0 bridgehead atoms. The number of aryl methyl sites for hydroxylation is 1. The number of nitrogens with two attached hydrogens (primary N) is 1. The molecular formula is C8H12N2O2S. The van der Waals surface area contributed by atoms with Crippen LogP contribution in [0.1, 0.15) is 18.4 Å². The Bertz CT molecular complexity index is 298. The highest BCUT2D eigenvalue weighted by Crippen LogP contribution is 2.16. The minimum absolute atomic E-state index is 0.183. The molecule has 1 heterocycles. The Morgan fingerprint density at radius 3 is 3.00 bits per heavy atom. The van der Waals surface area contributed by atoms with E-state index < -0.39 is 0 Å². The molecule has 0 saturated carbocycles. The normalized spacial score (nSPS) is 12.8. The largest absolute Gasteiger partial charge is 0.369 e. The van der Waals surface area contributed by atoms with Gasteiger partial charge in [0.15, 0.2) is 0 Å². The molecule has 72 valence electrons. The van der Waals surface area contributed by atoms with Gasteiger partial charge in [0.2, 0.25) is 5.91 Å². The van der Waals surface area contributed by atoms with Gasteiger partial charge in [-0.1, -0.05) is 5.16 Å². The second-order valence-corrected chi connectivity index (χ2v) is 4.11. The average Bonchev–Trinajstić information content (AvgIpc) is 2.47. The van der Waals surface area contributed by atoms with Gasteiger partial charge in [-0.2, -0.15) is 0 Å². The maximum absolute atomic E-state index is 10.7. The second kappa shape index (κ2) is 4.32. The summed E-state index contributed by atoms with van der Waals surface area (Å²) in [5, 5.41) is 3.62. The van der Waals surface area contributed by atoms with Gasteiger partial charge in [0, 0.05) is 11.8 Å². The van der Waals surface area contributed by atoms with E-state index in [4.69, 9.17) is 10.3 Å². The van der Waals surface area contributed by atoms with Crippen molar-refractivity contribution in [2.75, 3.05) is 0 Å². The summed E-state index contributed by atoms with van der Waals surface area (Å²) < 4.78 is 4.88. The molecule has 4 nitrogen and oxygen atoms in total. The predicted octanol–water partition coefficient (Wildman–Crippen LogP) is 1.09. The van der Waals surface area contributed by atoms with Gasteiger partial charge in [-0.05, 0) is 13.8 Å². The van der Waals surface area contributed by atoms with E-state index >= 15 is 0 Å². The van der Waals surface area contributed by atoms with Crippen LogP contribution in [-0.4, -0.2) is 16.3 Å². The van der Waals surface area contributed by atoms with Gasteiger partial charge < -0.3 is 10.3 Å². The van der Waals surface area contributed by atoms with E-state index in [1.807, 2.05) is 13.0 Å². The van der Waals surface area contributed by atoms with Crippen molar-refractivity contribution in [3.8, 4) is 0 Å². The van der Waals surface area contributed by atoms with Crippen molar-refractivity contribution in [2.45, 2.75) is 24.9 Å². The summed E-state index contributed by atoms with van der Waals surface area (Å²) in [5.74, 6) is 1.13. The molecule has 0 fully saturated rings. The summed E-state index contributed by atoms with van der Waals surface area (Å²) in [6.45, 7) is 3.61. The van der Waals surface area contributed by atoms with E-state index in [1.165, 1.54) is 11.8 Å². The first-order valence-corrected chi connectivity index (χ1v) is 4.97. The summed E-state index contributed by atoms with van der Waals surface area (Å²) in [4.78, 5) is 10.7. The lowest BCUT2D eigenvalue weighted by molar-refractivity contribution is -0.117. The van der Waals surface area contributed by atoms with Gasteiger partial charge in [0.05, 0.1) is 10.9 Å². The fourth-order valence-electron chi connectivity index (χ4n) is 0.778. The lowest BCUT2D eigenvalue weighted by atomic mass is 10.4. The maximum Gasteiger partial charge on any atom is 0.230 e. The third-order valence-corrected chi connectivity index (χ3v) is 2.75. The number of thioether (sulfide) groups is 1. The molecule has 1 atom stereocenters. The lowest BCUT2D eigenvalue weighted by Gasteiger charge is -2.03. The summed E-state index contributed by atoms with van der Waals surface area (Å²) in [7, 11) is 0. The smallest absolute Gasteiger partial charge is 0.230 e. The van der Waals surface area contributed by atoms with Crippen LogP contribution in [0.3, 0.4) is 0 Å². The van der Waals surface area contributed by atoms with Crippen molar-refractivity contribution in [3.63, 3.8) is 0 Å². The van der Waals surface area contributed by atoms with Crippen molar-refractivity contribution >= 4 is 17.7 Å². The molecule has 1 amide bonds. The Balaban J connectivity index is 2.39. The van der Waals surface area contributed by atoms with Gasteiger partial charge in [0.1, 0.15) is 5.76 Å². The molecule has 1 aromatic heterocycles. The monoisotopic (exact) mass is 200 g/mol. The topological polar surface area (TPSA) is 69.1 Å². The van der Waals surface area contributed by atoms with E-state index in [0.29, 0.717) is 5.75 Å². The molecule has 0 aliphatic heterocycles. The van der Waals surface area contributed by atoms with E-state index in [-0.39, 0.29) is 11.2 Å². The molecule has 0 unspecified atom stereocenters. The highest BCUT2D eigenvalue weighted by atomic mass is 32.2. The molecule has 13 heavy (non-hydrogen) atoms. The first kappa shape index (κ1) is 10.1. The van der Waals surface area contributed by atoms with Crippen LogP contribution in [0, 0.1) is 6.92 Å². The number of amides is 1. The van der Waals surface area contributed by atoms with Crippen LogP contribution < -0.4 is 5.73 Å². The summed E-state index contributed by atoms with van der Waals surface area (Å²) in [6.07, 6.45) is 0. The molecule has 0 radical (unpaired) electrons.